The van der Waals surface area contributed by atoms with E-state index < -0.39 is 0 Å². The first kappa shape index (κ1) is 18.1. The molecule has 5 heteroatoms. The van der Waals surface area contributed by atoms with E-state index in [1.54, 1.807) is 0 Å². The van der Waals surface area contributed by atoms with E-state index in [2.05, 4.69) is 17.2 Å². The molecule has 1 N–H and O–H groups in total. The highest BCUT2D eigenvalue weighted by molar-refractivity contribution is 7.14. The summed E-state index contributed by atoms with van der Waals surface area (Å²) < 4.78 is 5.59. The molecule has 4 nitrogen and oxygen atoms in total. The zero-order valence-electron chi connectivity index (χ0n) is 15.0. The topological polar surface area (TPSA) is 51.2 Å². The monoisotopic (exact) mass is 366 g/mol. The predicted molar refractivity (Wildman–Crippen MR) is 107 cm³/mol. The summed E-state index contributed by atoms with van der Waals surface area (Å²) in [6, 6.07) is 15.8. The van der Waals surface area contributed by atoms with Gasteiger partial charge in [0.1, 0.15) is 5.75 Å². The van der Waals surface area contributed by atoms with Crippen LogP contribution in [0.1, 0.15) is 24.5 Å². The molecule has 0 saturated carbocycles. The van der Waals surface area contributed by atoms with Gasteiger partial charge in [0.05, 0.1) is 18.7 Å². The number of anilines is 1. The molecule has 26 heavy (non-hydrogen) atoms. The molecular formula is C21H22N2O2S. The number of nitrogens with one attached hydrogen (secondary N) is 1. The van der Waals surface area contributed by atoms with Crippen LogP contribution in [0.2, 0.25) is 0 Å². The quantitative estimate of drug-likeness (QED) is 0.634. The molecule has 0 aliphatic rings. The van der Waals surface area contributed by atoms with Gasteiger partial charge in [-0.15, -0.1) is 11.3 Å². The highest BCUT2D eigenvalue weighted by Crippen LogP contribution is 2.26. The summed E-state index contributed by atoms with van der Waals surface area (Å²) in [5, 5.41) is 5.44. The van der Waals surface area contributed by atoms with E-state index in [1.807, 2.05) is 60.8 Å². The van der Waals surface area contributed by atoms with Crippen LogP contribution < -0.4 is 10.1 Å². The third-order valence-corrected chi connectivity index (χ3v) is 4.62. The Morgan fingerprint density at radius 1 is 1.12 bits per heavy atom. The minimum absolute atomic E-state index is 0.0573. The molecule has 0 fully saturated rings. The summed E-state index contributed by atoms with van der Waals surface area (Å²) in [5.74, 6) is 0.801. The first-order valence-electron chi connectivity index (χ1n) is 8.68. The molecule has 1 heterocycles. The second-order valence-electron chi connectivity index (χ2n) is 6.12. The Bertz CT molecular complexity index is 854. The summed E-state index contributed by atoms with van der Waals surface area (Å²) in [4.78, 5) is 16.7. The summed E-state index contributed by atoms with van der Waals surface area (Å²) in [7, 11) is 0. The molecule has 0 bridgehead atoms. The molecular weight excluding hydrogens is 344 g/mol. The van der Waals surface area contributed by atoms with Crippen LogP contribution in [0.15, 0.2) is 53.9 Å². The Labute approximate surface area is 157 Å². The second-order valence-corrected chi connectivity index (χ2v) is 6.98. The van der Waals surface area contributed by atoms with Crippen molar-refractivity contribution < 1.29 is 9.53 Å². The summed E-state index contributed by atoms with van der Waals surface area (Å²) in [5.41, 5.74) is 4.03. The molecule has 0 aliphatic carbocycles. The number of aromatic nitrogens is 1. The predicted octanol–water partition coefficient (Wildman–Crippen LogP) is 5.09. The summed E-state index contributed by atoms with van der Waals surface area (Å²) in [6.45, 7) is 4.83. The molecule has 0 aliphatic heterocycles. The number of aryl methyl sites for hydroxylation is 1. The Morgan fingerprint density at radius 3 is 2.54 bits per heavy atom. The molecule has 1 amide bonds. The molecule has 3 rings (SSSR count). The van der Waals surface area contributed by atoms with Crippen LogP contribution in [0.3, 0.4) is 0 Å². The Balaban J connectivity index is 1.60. The Hall–Kier alpha value is -2.66. The maximum atomic E-state index is 12.2. The lowest BCUT2D eigenvalue weighted by atomic mass is 10.1. The van der Waals surface area contributed by atoms with Crippen molar-refractivity contribution in [2.45, 2.75) is 26.7 Å². The molecule has 134 valence electrons. The van der Waals surface area contributed by atoms with E-state index in [0.29, 0.717) is 18.2 Å². The fraction of sp³-hybridized carbons (Fsp3) is 0.238. The fourth-order valence-corrected chi connectivity index (χ4v) is 3.20. The average molecular weight is 366 g/mol. The maximum absolute atomic E-state index is 12.2. The van der Waals surface area contributed by atoms with Crippen LogP contribution in [0, 0.1) is 6.92 Å². The van der Waals surface area contributed by atoms with Crippen molar-refractivity contribution in [3.8, 4) is 17.0 Å². The van der Waals surface area contributed by atoms with Crippen LogP contribution >= 0.6 is 11.3 Å². The highest BCUT2D eigenvalue weighted by atomic mass is 32.1. The molecule has 3 aromatic rings. The Morgan fingerprint density at radius 2 is 1.85 bits per heavy atom. The van der Waals surface area contributed by atoms with Crippen LogP contribution in [0.4, 0.5) is 5.13 Å². The van der Waals surface area contributed by atoms with Gasteiger partial charge in [-0.3, -0.25) is 4.79 Å². The highest BCUT2D eigenvalue weighted by Gasteiger charge is 2.09. The molecule has 0 unspecified atom stereocenters. The zero-order chi connectivity index (χ0) is 18.4. The normalized spacial score (nSPS) is 10.5. The van der Waals surface area contributed by atoms with Gasteiger partial charge in [0, 0.05) is 10.9 Å². The van der Waals surface area contributed by atoms with Gasteiger partial charge in [-0.1, -0.05) is 36.8 Å². The van der Waals surface area contributed by atoms with Crippen LogP contribution in [-0.4, -0.2) is 17.5 Å². The molecule has 0 saturated heterocycles. The lowest BCUT2D eigenvalue weighted by Gasteiger charge is -2.05. The molecule has 1 aromatic heterocycles. The van der Waals surface area contributed by atoms with Crippen LogP contribution in [0.25, 0.3) is 11.3 Å². The summed E-state index contributed by atoms with van der Waals surface area (Å²) in [6.07, 6.45) is 1.33. The lowest BCUT2D eigenvalue weighted by Crippen LogP contribution is -2.14. The van der Waals surface area contributed by atoms with Gasteiger partial charge >= 0.3 is 0 Å². The molecule has 0 spiro atoms. The van der Waals surface area contributed by atoms with Gasteiger partial charge in [0.15, 0.2) is 5.13 Å². The van der Waals surface area contributed by atoms with E-state index >= 15 is 0 Å². The minimum atomic E-state index is -0.0573. The van der Waals surface area contributed by atoms with Gasteiger partial charge < -0.3 is 10.1 Å². The van der Waals surface area contributed by atoms with Crippen molar-refractivity contribution in [3.05, 3.63) is 65.0 Å². The Kier molecular flexibility index (Phi) is 6.02. The van der Waals surface area contributed by atoms with Crippen molar-refractivity contribution in [1.82, 2.24) is 4.98 Å². The number of thiazole rings is 1. The molecule has 0 atom stereocenters. The largest absolute Gasteiger partial charge is 0.494 e. The summed E-state index contributed by atoms with van der Waals surface area (Å²) >= 11 is 1.43. The number of ether oxygens (including phenoxy) is 1. The number of carbonyl (C=O) groups is 1. The van der Waals surface area contributed by atoms with Gasteiger partial charge in [-0.2, -0.15) is 0 Å². The van der Waals surface area contributed by atoms with Crippen molar-refractivity contribution in [1.29, 1.82) is 0 Å². The smallest absolute Gasteiger partial charge is 0.230 e. The first-order valence-corrected chi connectivity index (χ1v) is 9.56. The van der Waals surface area contributed by atoms with Gasteiger partial charge in [0.25, 0.3) is 0 Å². The van der Waals surface area contributed by atoms with Crippen LogP contribution in [0.5, 0.6) is 5.75 Å². The number of benzene rings is 2. The van der Waals surface area contributed by atoms with E-state index in [0.717, 1.165) is 29.0 Å². The van der Waals surface area contributed by atoms with E-state index in [4.69, 9.17) is 4.74 Å². The lowest BCUT2D eigenvalue weighted by molar-refractivity contribution is -0.115. The van der Waals surface area contributed by atoms with Crippen molar-refractivity contribution in [2.75, 3.05) is 11.9 Å². The van der Waals surface area contributed by atoms with E-state index in [9.17, 15) is 4.79 Å². The van der Waals surface area contributed by atoms with Crippen molar-refractivity contribution in [2.24, 2.45) is 0 Å². The third-order valence-electron chi connectivity index (χ3n) is 3.86. The number of hydrogen-bond donors (Lipinski definition) is 1. The average Bonchev–Trinajstić information content (AvgIpc) is 3.10. The van der Waals surface area contributed by atoms with Gasteiger partial charge in [-0.05, 0) is 43.2 Å². The minimum Gasteiger partial charge on any atom is -0.494 e. The standard InChI is InChI=1S/C21H22N2O2S/c1-3-12-25-18-10-8-17(9-11-18)19-14-26-21(22-19)23-20(24)13-16-6-4-15(2)5-7-16/h4-11,14H,3,12-13H2,1-2H3,(H,22,23,24). The number of rotatable bonds is 7. The number of carbonyl (C=O) groups excluding carboxylic acids is 1. The zero-order valence-corrected chi connectivity index (χ0v) is 15.8. The number of nitrogens with zero attached hydrogens (tertiary/aromatic N) is 1. The van der Waals surface area contributed by atoms with Gasteiger partial charge in [-0.25, -0.2) is 4.98 Å². The maximum Gasteiger partial charge on any atom is 0.230 e. The first-order chi connectivity index (χ1) is 12.6. The SMILES string of the molecule is CCCOc1ccc(-c2csc(NC(=O)Cc3ccc(C)cc3)n2)cc1. The number of amides is 1. The second kappa shape index (κ2) is 8.63. The van der Waals surface area contributed by atoms with E-state index in [-0.39, 0.29) is 5.91 Å². The van der Waals surface area contributed by atoms with Crippen molar-refractivity contribution >= 4 is 22.4 Å². The van der Waals surface area contributed by atoms with Crippen LogP contribution in [-0.2, 0) is 11.2 Å². The molecule has 2 aromatic carbocycles. The number of hydrogen-bond acceptors (Lipinski definition) is 4. The van der Waals surface area contributed by atoms with Crippen molar-refractivity contribution in [3.63, 3.8) is 0 Å². The fourth-order valence-electron chi connectivity index (χ4n) is 2.46. The molecule has 0 radical (unpaired) electrons. The van der Waals surface area contributed by atoms with Gasteiger partial charge in [0.2, 0.25) is 5.91 Å². The van der Waals surface area contributed by atoms with E-state index in [1.165, 1.54) is 16.9 Å². The third kappa shape index (κ3) is 4.92.